The Morgan fingerprint density at radius 3 is 2.00 bits per heavy atom. The van der Waals surface area contributed by atoms with Crippen LogP contribution in [0.3, 0.4) is 0 Å². The molecule has 0 aliphatic heterocycles. The monoisotopic (exact) mass is 129 g/mol. The summed E-state index contributed by atoms with van der Waals surface area (Å²) in [5.41, 5.74) is 5.73. The van der Waals surface area contributed by atoms with E-state index >= 15 is 0 Å². The first-order valence-corrected chi connectivity index (χ1v) is 3.97. The molecule has 2 N–H and O–H groups in total. The molecule has 0 aromatic rings. The van der Waals surface area contributed by atoms with E-state index in [2.05, 4.69) is 20.8 Å². The van der Waals surface area contributed by atoms with Crippen LogP contribution in [0.4, 0.5) is 0 Å². The van der Waals surface area contributed by atoms with E-state index in [-0.39, 0.29) is 0 Å². The second-order valence-electron chi connectivity index (χ2n) is 2.82. The minimum absolute atomic E-state index is 0.384. The molecule has 0 amide bonds. The van der Waals surface area contributed by atoms with Gasteiger partial charge in [-0.25, -0.2) is 0 Å². The normalized spacial score (nSPS) is 17.3. The Kier molecular flexibility index (Phi) is 4.78. The van der Waals surface area contributed by atoms with E-state index in [1.165, 1.54) is 19.3 Å². The number of nitrogens with two attached hydrogens (primary N) is 1. The number of hydrogen-bond donors (Lipinski definition) is 1. The summed E-state index contributed by atoms with van der Waals surface area (Å²) in [7, 11) is 0. The lowest BCUT2D eigenvalue weighted by atomic mass is 9.94. The predicted octanol–water partition coefficient (Wildman–Crippen LogP) is 2.16. The quantitative estimate of drug-likeness (QED) is 0.618. The van der Waals surface area contributed by atoms with Crippen molar-refractivity contribution < 1.29 is 0 Å². The van der Waals surface area contributed by atoms with E-state index < -0.39 is 0 Å². The van der Waals surface area contributed by atoms with Crippen molar-refractivity contribution in [3.63, 3.8) is 0 Å². The molecule has 0 bridgehead atoms. The molecule has 9 heavy (non-hydrogen) atoms. The maximum absolute atomic E-state index is 5.73. The van der Waals surface area contributed by atoms with Crippen molar-refractivity contribution in [2.45, 2.75) is 46.1 Å². The molecule has 1 nitrogen and oxygen atoms in total. The van der Waals surface area contributed by atoms with Crippen LogP contribution >= 0.6 is 0 Å². The summed E-state index contributed by atoms with van der Waals surface area (Å²) in [6, 6.07) is 0.384. The first kappa shape index (κ1) is 8.96. The van der Waals surface area contributed by atoms with Gasteiger partial charge in [-0.1, -0.05) is 26.7 Å². The van der Waals surface area contributed by atoms with Crippen LogP contribution in [0, 0.1) is 5.92 Å². The Morgan fingerprint density at radius 2 is 1.89 bits per heavy atom. The van der Waals surface area contributed by atoms with E-state index in [9.17, 15) is 0 Å². The first-order valence-electron chi connectivity index (χ1n) is 3.97. The van der Waals surface area contributed by atoms with Gasteiger partial charge in [-0.05, 0) is 19.3 Å². The first-order chi connectivity index (χ1) is 4.22. The van der Waals surface area contributed by atoms with Gasteiger partial charge >= 0.3 is 0 Å². The molecule has 0 aliphatic carbocycles. The van der Waals surface area contributed by atoms with Gasteiger partial charge in [0.2, 0.25) is 0 Å². The van der Waals surface area contributed by atoms with Crippen molar-refractivity contribution in [3.8, 4) is 0 Å². The zero-order valence-electron chi connectivity index (χ0n) is 6.85. The maximum atomic E-state index is 5.73. The summed E-state index contributed by atoms with van der Waals surface area (Å²) in [5.74, 6) is 0.745. The predicted molar refractivity (Wildman–Crippen MR) is 42.3 cm³/mol. The highest BCUT2D eigenvalue weighted by atomic mass is 14.6. The Labute approximate surface area is 58.6 Å². The van der Waals surface area contributed by atoms with Gasteiger partial charge in [0, 0.05) is 6.04 Å². The van der Waals surface area contributed by atoms with Crippen molar-refractivity contribution in [1.29, 1.82) is 0 Å². The molecular formula is C8H19N. The molecule has 0 aliphatic rings. The van der Waals surface area contributed by atoms with Gasteiger partial charge in [0.1, 0.15) is 0 Å². The van der Waals surface area contributed by atoms with Crippen LogP contribution in [0.15, 0.2) is 0 Å². The summed E-state index contributed by atoms with van der Waals surface area (Å²) in [6.07, 6.45) is 3.78. The van der Waals surface area contributed by atoms with E-state index in [4.69, 9.17) is 5.73 Å². The van der Waals surface area contributed by atoms with Crippen molar-refractivity contribution in [2.75, 3.05) is 0 Å². The van der Waals surface area contributed by atoms with Gasteiger partial charge in [-0.15, -0.1) is 0 Å². The number of rotatable bonds is 4. The van der Waals surface area contributed by atoms with E-state index in [0.29, 0.717) is 6.04 Å². The third-order valence-corrected chi connectivity index (χ3v) is 1.93. The smallest absolute Gasteiger partial charge is 0.00386 e. The molecule has 0 heterocycles. The molecule has 0 spiro atoms. The molecule has 0 radical (unpaired) electrons. The van der Waals surface area contributed by atoms with Gasteiger partial charge < -0.3 is 5.73 Å². The van der Waals surface area contributed by atoms with Gasteiger partial charge in [0.25, 0.3) is 0 Å². The third kappa shape index (κ3) is 3.52. The fourth-order valence-corrected chi connectivity index (χ4v) is 1.21. The minimum atomic E-state index is 0.384. The lowest BCUT2D eigenvalue weighted by molar-refractivity contribution is 0.397. The van der Waals surface area contributed by atoms with Gasteiger partial charge in [-0.2, -0.15) is 0 Å². The molecule has 0 aromatic carbocycles. The van der Waals surface area contributed by atoms with Crippen LogP contribution in [-0.4, -0.2) is 6.04 Å². The largest absolute Gasteiger partial charge is 0.328 e. The highest BCUT2D eigenvalue weighted by Gasteiger charge is 2.08. The fourth-order valence-electron chi connectivity index (χ4n) is 1.21. The zero-order valence-corrected chi connectivity index (χ0v) is 6.85. The number of hydrogen-bond acceptors (Lipinski definition) is 1. The average Bonchev–Trinajstić information content (AvgIpc) is 1.82. The standard InChI is InChI=1S/C8H19N/c1-4-6-8(5-2)7(3)9/h7-8H,4-6,9H2,1-3H3. The minimum Gasteiger partial charge on any atom is -0.328 e. The van der Waals surface area contributed by atoms with E-state index in [1.807, 2.05) is 0 Å². The van der Waals surface area contributed by atoms with Crippen LogP contribution in [0.25, 0.3) is 0 Å². The lowest BCUT2D eigenvalue weighted by Crippen LogP contribution is -2.25. The molecular weight excluding hydrogens is 110 g/mol. The van der Waals surface area contributed by atoms with Gasteiger partial charge in [0.15, 0.2) is 0 Å². The topological polar surface area (TPSA) is 26.0 Å². The van der Waals surface area contributed by atoms with Crippen molar-refractivity contribution >= 4 is 0 Å². The fraction of sp³-hybridized carbons (Fsp3) is 1.00. The molecule has 0 fully saturated rings. The van der Waals surface area contributed by atoms with Crippen LogP contribution in [0.1, 0.15) is 40.0 Å². The molecule has 0 saturated heterocycles. The third-order valence-electron chi connectivity index (χ3n) is 1.93. The van der Waals surface area contributed by atoms with E-state index in [1.54, 1.807) is 0 Å². The Balaban J connectivity index is 3.41. The van der Waals surface area contributed by atoms with Crippen molar-refractivity contribution in [3.05, 3.63) is 0 Å². The SMILES string of the molecule is CCCC(CC)C(C)N. The zero-order chi connectivity index (χ0) is 7.28. The Hall–Kier alpha value is -0.0400. The van der Waals surface area contributed by atoms with Crippen molar-refractivity contribution in [1.82, 2.24) is 0 Å². The van der Waals surface area contributed by atoms with Gasteiger partial charge in [0.05, 0.1) is 0 Å². The highest BCUT2D eigenvalue weighted by Crippen LogP contribution is 2.12. The molecule has 2 unspecified atom stereocenters. The summed E-state index contributed by atoms with van der Waals surface area (Å²) in [4.78, 5) is 0. The maximum Gasteiger partial charge on any atom is 0.00386 e. The Morgan fingerprint density at radius 1 is 1.33 bits per heavy atom. The molecule has 1 heteroatoms. The van der Waals surface area contributed by atoms with E-state index in [0.717, 1.165) is 5.92 Å². The molecule has 2 atom stereocenters. The molecule has 0 aromatic heterocycles. The summed E-state index contributed by atoms with van der Waals surface area (Å²) in [6.45, 7) is 6.53. The molecule has 56 valence electrons. The van der Waals surface area contributed by atoms with Crippen molar-refractivity contribution in [2.24, 2.45) is 11.7 Å². The molecule has 0 rings (SSSR count). The second-order valence-corrected chi connectivity index (χ2v) is 2.82. The Bertz CT molecular complexity index is 59.6. The highest BCUT2D eigenvalue weighted by molar-refractivity contribution is 4.65. The van der Waals surface area contributed by atoms with Crippen LogP contribution in [-0.2, 0) is 0 Å². The van der Waals surface area contributed by atoms with Crippen LogP contribution in [0.2, 0.25) is 0 Å². The summed E-state index contributed by atoms with van der Waals surface area (Å²) < 4.78 is 0. The lowest BCUT2D eigenvalue weighted by Gasteiger charge is -2.17. The summed E-state index contributed by atoms with van der Waals surface area (Å²) in [5, 5.41) is 0. The summed E-state index contributed by atoms with van der Waals surface area (Å²) >= 11 is 0. The van der Waals surface area contributed by atoms with Crippen LogP contribution in [0.5, 0.6) is 0 Å². The second kappa shape index (κ2) is 4.80. The van der Waals surface area contributed by atoms with Crippen LogP contribution < -0.4 is 5.73 Å². The van der Waals surface area contributed by atoms with Gasteiger partial charge in [-0.3, -0.25) is 0 Å². The molecule has 0 saturated carbocycles. The average molecular weight is 129 g/mol.